The molecule has 0 N–H and O–H groups in total. The van der Waals surface area contributed by atoms with E-state index in [1.807, 2.05) is 42.5 Å². The molecular formula is C25H33N5O3. The van der Waals surface area contributed by atoms with Crippen molar-refractivity contribution in [3.63, 3.8) is 0 Å². The number of carbonyl (C=O) groups excluding carboxylic acids is 1. The van der Waals surface area contributed by atoms with E-state index >= 15 is 0 Å². The normalized spacial score (nSPS) is 14.6. The van der Waals surface area contributed by atoms with Crippen LogP contribution in [0.2, 0.25) is 0 Å². The van der Waals surface area contributed by atoms with Crippen LogP contribution in [0, 0.1) is 27.7 Å². The topological polar surface area (TPSA) is 76.6 Å². The van der Waals surface area contributed by atoms with E-state index in [1.165, 1.54) is 5.56 Å². The molecule has 1 aliphatic heterocycles. The van der Waals surface area contributed by atoms with E-state index in [1.54, 1.807) is 0 Å². The summed E-state index contributed by atoms with van der Waals surface area (Å²) in [5.74, 6) is 1.30. The van der Waals surface area contributed by atoms with Crippen molar-refractivity contribution in [2.45, 2.75) is 54.3 Å². The fraction of sp³-hybridized carbons (Fsp3) is 0.480. The molecule has 1 amide bonds. The number of ether oxygens (including phenoxy) is 1. The summed E-state index contributed by atoms with van der Waals surface area (Å²) >= 11 is 0. The number of hydrogen-bond donors (Lipinski definition) is 0. The van der Waals surface area contributed by atoms with Crippen LogP contribution in [-0.4, -0.2) is 56.8 Å². The molecule has 0 aliphatic carbocycles. The fourth-order valence-corrected chi connectivity index (χ4v) is 4.28. The zero-order chi connectivity index (χ0) is 23.5. The third kappa shape index (κ3) is 5.27. The van der Waals surface area contributed by atoms with Gasteiger partial charge >= 0.3 is 0 Å². The molecule has 8 heteroatoms. The quantitative estimate of drug-likeness (QED) is 0.546. The number of carbonyl (C=O) groups is 1. The van der Waals surface area contributed by atoms with Crippen LogP contribution in [0.3, 0.4) is 0 Å². The van der Waals surface area contributed by atoms with Crippen LogP contribution in [0.1, 0.15) is 51.1 Å². The first kappa shape index (κ1) is 23.0. The molecule has 2 aromatic heterocycles. The molecular weight excluding hydrogens is 418 g/mol. The molecule has 176 valence electrons. The van der Waals surface area contributed by atoms with Gasteiger partial charge in [-0.15, -0.1) is 0 Å². The van der Waals surface area contributed by atoms with E-state index in [0.717, 1.165) is 48.7 Å². The average Bonchev–Trinajstić information content (AvgIpc) is 3.33. The van der Waals surface area contributed by atoms with E-state index in [-0.39, 0.29) is 12.5 Å². The van der Waals surface area contributed by atoms with E-state index < -0.39 is 0 Å². The summed E-state index contributed by atoms with van der Waals surface area (Å²) < 4.78 is 13.3. The first-order valence-electron chi connectivity index (χ1n) is 11.5. The molecule has 1 saturated heterocycles. The molecule has 4 rings (SSSR count). The second kappa shape index (κ2) is 9.79. The maximum absolute atomic E-state index is 13.2. The van der Waals surface area contributed by atoms with Crippen LogP contribution >= 0.6 is 0 Å². The van der Waals surface area contributed by atoms with Gasteiger partial charge in [-0.3, -0.25) is 14.4 Å². The minimum Gasteiger partial charge on any atom is -0.489 e. The van der Waals surface area contributed by atoms with Crippen LogP contribution < -0.4 is 4.74 Å². The number of aromatic nitrogens is 3. The van der Waals surface area contributed by atoms with Gasteiger partial charge in [0.25, 0.3) is 5.91 Å². The van der Waals surface area contributed by atoms with Crippen LogP contribution in [0.25, 0.3) is 0 Å². The molecule has 0 atom stereocenters. The van der Waals surface area contributed by atoms with Crippen molar-refractivity contribution < 1.29 is 14.1 Å². The van der Waals surface area contributed by atoms with Crippen molar-refractivity contribution in [3.8, 4) is 5.75 Å². The predicted molar refractivity (Wildman–Crippen MR) is 125 cm³/mol. The summed E-state index contributed by atoms with van der Waals surface area (Å²) in [6, 6.07) is 6.08. The lowest BCUT2D eigenvalue weighted by molar-refractivity contribution is 0.0616. The standard InChI is InChI=1S/C25H33N5O3/c1-6-30-15-21(19(4)26-30)14-28-7-9-29(10-8-28)25(31)24-23(20(5)33-27-24)16-32-22-12-17(2)11-18(3)13-22/h11-13,15H,6-10,14,16H2,1-5H3. The van der Waals surface area contributed by atoms with Gasteiger partial charge in [0.15, 0.2) is 5.69 Å². The van der Waals surface area contributed by atoms with Gasteiger partial charge in [-0.1, -0.05) is 11.2 Å². The van der Waals surface area contributed by atoms with Crippen LogP contribution in [0.4, 0.5) is 0 Å². The predicted octanol–water partition coefficient (Wildman–Crippen LogP) is 3.66. The van der Waals surface area contributed by atoms with Crippen molar-refractivity contribution in [3.05, 3.63) is 63.8 Å². The van der Waals surface area contributed by atoms with Crippen molar-refractivity contribution in [2.75, 3.05) is 26.2 Å². The first-order chi connectivity index (χ1) is 15.8. The lowest BCUT2D eigenvalue weighted by Gasteiger charge is -2.34. The smallest absolute Gasteiger partial charge is 0.276 e. The first-order valence-corrected chi connectivity index (χ1v) is 11.5. The average molecular weight is 452 g/mol. The molecule has 33 heavy (non-hydrogen) atoms. The van der Waals surface area contributed by atoms with Crippen LogP contribution in [0.15, 0.2) is 28.9 Å². The Hall–Kier alpha value is -3.13. The molecule has 8 nitrogen and oxygen atoms in total. The molecule has 3 aromatic rings. The summed E-state index contributed by atoms with van der Waals surface area (Å²) in [6.45, 7) is 15.0. The molecule has 0 radical (unpaired) electrons. The highest BCUT2D eigenvalue weighted by Crippen LogP contribution is 2.22. The largest absolute Gasteiger partial charge is 0.489 e. The number of nitrogens with zero attached hydrogens (tertiary/aromatic N) is 5. The van der Waals surface area contributed by atoms with E-state index in [2.05, 4.69) is 41.3 Å². The fourth-order valence-electron chi connectivity index (χ4n) is 4.28. The number of aryl methyl sites for hydroxylation is 5. The lowest BCUT2D eigenvalue weighted by atomic mass is 10.1. The Labute approximate surface area is 195 Å². The Morgan fingerprint density at radius 1 is 1.06 bits per heavy atom. The van der Waals surface area contributed by atoms with Gasteiger partial charge in [0, 0.05) is 51.0 Å². The maximum Gasteiger partial charge on any atom is 0.276 e. The third-order valence-electron chi connectivity index (χ3n) is 6.19. The van der Waals surface area contributed by atoms with Gasteiger partial charge < -0.3 is 14.2 Å². The Bertz CT molecular complexity index is 1110. The Morgan fingerprint density at radius 2 is 1.76 bits per heavy atom. The molecule has 0 spiro atoms. The van der Waals surface area contributed by atoms with Crippen molar-refractivity contribution in [2.24, 2.45) is 0 Å². The number of amides is 1. The minimum atomic E-state index is -0.0968. The zero-order valence-electron chi connectivity index (χ0n) is 20.2. The number of rotatable bonds is 7. The van der Waals surface area contributed by atoms with Crippen LogP contribution in [-0.2, 0) is 19.7 Å². The van der Waals surface area contributed by atoms with Gasteiger partial charge in [0.1, 0.15) is 18.1 Å². The van der Waals surface area contributed by atoms with Crippen molar-refractivity contribution >= 4 is 5.91 Å². The van der Waals surface area contributed by atoms with Crippen LogP contribution in [0.5, 0.6) is 5.75 Å². The number of benzene rings is 1. The maximum atomic E-state index is 13.2. The minimum absolute atomic E-state index is 0.0968. The van der Waals surface area contributed by atoms with Crippen molar-refractivity contribution in [1.29, 1.82) is 0 Å². The summed E-state index contributed by atoms with van der Waals surface area (Å²) in [6.07, 6.45) is 2.12. The Kier molecular flexibility index (Phi) is 6.83. The second-order valence-corrected chi connectivity index (χ2v) is 8.84. The Balaban J connectivity index is 1.37. The van der Waals surface area contributed by atoms with Gasteiger partial charge in [-0.25, -0.2) is 0 Å². The van der Waals surface area contributed by atoms with Gasteiger partial charge in [-0.2, -0.15) is 5.10 Å². The van der Waals surface area contributed by atoms with Gasteiger partial charge in [0.05, 0.1) is 11.3 Å². The highest BCUT2D eigenvalue weighted by molar-refractivity contribution is 5.93. The lowest BCUT2D eigenvalue weighted by Crippen LogP contribution is -2.48. The van der Waals surface area contributed by atoms with Gasteiger partial charge in [-0.05, 0) is 57.9 Å². The molecule has 1 aromatic carbocycles. The highest BCUT2D eigenvalue weighted by atomic mass is 16.5. The van der Waals surface area contributed by atoms with Gasteiger partial charge in [0.2, 0.25) is 0 Å². The summed E-state index contributed by atoms with van der Waals surface area (Å²) in [5.41, 5.74) is 5.66. The molecule has 1 fully saturated rings. The van der Waals surface area contributed by atoms with E-state index in [0.29, 0.717) is 30.1 Å². The zero-order valence-corrected chi connectivity index (χ0v) is 20.2. The number of piperazine rings is 1. The molecule has 0 saturated carbocycles. The third-order valence-corrected chi connectivity index (χ3v) is 6.19. The molecule has 3 heterocycles. The molecule has 0 bridgehead atoms. The van der Waals surface area contributed by atoms with Crippen molar-refractivity contribution in [1.82, 2.24) is 24.7 Å². The molecule has 0 unspecified atom stereocenters. The second-order valence-electron chi connectivity index (χ2n) is 8.84. The molecule has 1 aliphatic rings. The van der Waals surface area contributed by atoms with E-state index in [4.69, 9.17) is 9.26 Å². The highest BCUT2D eigenvalue weighted by Gasteiger charge is 2.28. The monoisotopic (exact) mass is 451 g/mol. The summed E-state index contributed by atoms with van der Waals surface area (Å²) in [7, 11) is 0. The summed E-state index contributed by atoms with van der Waals surface area (Å²) in [4.78, 5) is 17.5. The summed E-state index contributed by atoms with van der Waals surface area (Å²) in [5, 5.41) is 8.61. The SMILES string of the molecule is CCn1cc(CN2CCN(C(=O)c3noc(C)c3COc3cc(C)cc(C)c3)CC2)c(C)n1. The number of hydrogen-bond acceptors (Lipinski definition) is 6. The Morgan fingerprint density at radius 3 is 2.39 bits per heavy atom. The van der Waals surface area contributed by atoms with E-state index in [9.17, 15) is 4.79 Å².